The zero-order chi connectivity index (χ0) is 6.48. The average molecular weight is 124 g/mol. The molecule has 0 heterocycles. The largest absolute Gasteiger partial charge is 0.386 e. The number of hydrogen-bond donors (Lipinski definition) is 1. The van der Waals surface area contributed by atoms with Crippen LogP contribution in [0, 0.1) is 11.8 Å². The van der Waals surface area contributed by atoms with E-state index in [1.54, 1.807) is 0 Å². The Morgan fingerprint density at radius 3 is 2.56 bits per heavy atom. The summed E-state index contributed by atoms with van der Waals surface area (Å²) in [4.78, 5) is 0. The van der Waals surface area contributed by atoms with Crippen molar-refractivity contribution in [3.8, 4) is 0 Å². The molecule has 1 N–H and O–H groups in total. The van der Waals surface area contributed by atoms with Gasteiger partial charge in [-0.25, -0.2) is 0 Å². The van der Waals surface area contributed by atoms with Gasteiger partial charge in [-0.2, -0.15) is 0 Å². The second-order valence-electron chi connectivity index (χ2n) is 3.51. The number of aliphatic hydroxyl groups is 1. The van der Waals surface area contributed by atoms with E-state index in [4.69, 9.17) is 0 Å². The molecule has 0 spiro atoms. The quantitative estimate of drug-likeness (QED) is 0.483. The van der Waals surface area contributed by atoms with E-state index in [2.05, 4.69) is 13.0 Å². The van der Waals surface area contributed by atoms with Gasteiger partial charge in [-0.05, 0) is 24.7 Å². The van der Waals surface area contributed by atoms with Crippen molar-refractivity contribution >= 4 is 0 Å². The minimum absolute atomic E-state index is 0.399. The molecule has 2 rings (SSSR count). The summed E-state index contributed by atoms with van der Waals surface area (Å²) in [7, 11) is 0. The van der Waals surface area contributed by atoms with Gasteiger partial charge in [0.2, 0.25) is 0 Å². The third-order valence-electron chi connectivity index (χ3n) is 2.65. The highest BCUT2D eigenvalue weighted by atomic mass is 16.3. The Bertz CT molecular complexity index is 162. The Morgan fingerprint density at radius 2 is 2.33 bits per heavy atom. The van der Waals surface area contributed by atoms with Gasteiger partial charge in [0, 0.05) is 0 Å². The van der Waals surface area contributed by atoms with Crippen LogP contribution in [0.5, 0.6) is 0 Å². The van der Waals surface area contributed by atoms with Gasteiger partial charge in [-0.15, -0.1) is 0 Å². The fraction of sp³-hybridized carbons (Fsp3) is 0.750. The van der Waals surface area contributed by atoms with Crippen molar-refractivity contribution in [3.05, 3.63) is 12.2 Å². The Morgan fingerprint density at radius 1 is 1.56 bits per heavy atom. The van der Waals surface area contributed by atoms with E-state index in [1.165, 1.54) is 0 Å². The molecule has 2 aliphatic carbocycles. The maximum absolute atomic E-state index is 9.63. The van der Waals surface area contributed by atoms with E-state index in [-0.39, 0.29) is 0 Å². The predicted molar refractivity (Wildman–Crippen MR) is 36.0 cm³/mol. The summed E-state index contributed by atoms with van der Waals surface area (Å²) in [5, 5.41) is 9.63. The summed E-state index contributed by atoms with van der Waals surface area (Å²) in [6.07, 6.45) is 6.09. The zero-order valence-corrected chi connectivity index (χ0v) is 5.67. The van der Waals surface area contributed by atoms with Crippen LogP contribution in [0.15, 0.2) is 12.2 Å². The highest BCUT2D eigenvalue weighted by Crippen LogP contribution is 2.45. The van der Waals surface area contributed by atoms with Crippen LogP contribution in [0.25, 0.3) is 0 Å². The number of fused-ring (bicyclic) bond motifs is 2. The van der Waals surface area contributed by atoms with Gasteiger partial charge >= 0.3 is 0 Å². The van der Waals surface area contributed by atoms with Crippen LogP contribution >= 0.6 is 0 Å². The molecule has 0 aromatic carbocycles. The van der Waals surface area contributed by atoms with Crippen molar-refractivity contribution in [2.24, 2.45) is 11.8 Å². The zero-order valence-electron chi connectivity index (χ0n) is 5.67. The van der Waals surface area contributed by atoms with Crippen molar-refractivity contribution in [2.75, 3.05) is 0 Å². The van der Waals surface area contributed by atoms with Gasteiger partial charge in [0.25, 0.3) is 0 Å². The molecule has 1 fully saturated rings. The number of hydrogen-bond acceptors (Lipinski definition) is 1. The lowest BCUT2D eigenvalue weighted by Crippen LogP contribution is -2.19. The summed E-state index contributed by atoms with van der Waals surface area (Å²) in [5.41, 5.74) is -0.399. The first-order chi connectivity index (χ1) is 4.20. The van der Waals surface area contributed by atoms with Gasteiger partial charge in [0.05, 0.1) is 5.60 Å². The van der Waals surface area contributed by atoms with Crippen LogP contribution in [0.4, 0.5) is 0 Å². The van der Waals surface area contributed by atoms with Crippen LogP contribution in [-0.2, 0) is 0 Å². The molecule has 3 unspecified atom stereocenters. The maximum atomic E-state index is 9.63. The van der Waals surface area contributed by atoms with Crippen LogP contribution in [0.3, 0.4) is 0 Å². The molecule has 0 aliphatic heterocycles. The molecular weight excluding hydrogens is 112 g/mol. The Labute approximate surface area is 55.4 Å². The molecule has 1 heteroatoms. The Balaban J connectivity index is 2.30. The Hall–Kier alpha value is -0.300. The monoisotopic (exact) mass is 124 g/mol. The van der Waals surface area contributed by atoms with Crippen LogP contribution in [-0.4, -0.2) is 10.7 Å². The fourth-order valence-corrected chi connectivity index (χ4v) is 2.10. The van der Waals surface area contributed by atoms with Crippen molar-refractivity contribution in [1.29, 1.82) is 0 Å². The Kier molecular flexibility index (Phi) is 0.854. The van der Waals surface area contributed by atoms with Crippen LogP contribution in [0.1, 0.15) is 19.8 Å². The summed E-state index contributed by atoms with van der Waals surface area (Å²) in [6, 6.07) is 0. The molecular formula is C8H12O. The molecule has 0 aromatic heterocycles. The summed E-state index contributed by atoms with van der Waals surface area (Å²) >= 11 is 0. The summed E-state index contributed by atoms with van der Waals surface area (Å²) in [5.74, 6) is 1.38. The second kappa shape index (κ2) is 1.40. The highest BCUT2D eigenvalue weighted by molar-refractivity contribution is 5.18. The minimum Gasteiger partial charge on any atom is -0.386 e. The van der Waals surface area contributed by atoms with Crippen molar-refractivity contribution in [3.63, 3.8) is 0 Å². The first-order valence-electron chi connectivity index (χ1n) is 3.61. The lowest BCUT2D eigenvalue weighted by Gasteiger charge is -2.16. The van der Waals surface area contributed by atoms with Crippen LogP contribution < -0.4 is 0 Å². The molecule has 1 nitrogen and oxygen atoms in total. The van der Waals surface area contributed by atoms with E-state index in [0.29, 0.717) is 11.8 Å². The molecule has 0 aromatic rings. The predicted octanol–water partition coefficient (Wildman–Crippen LogP) is 1.33. The van der Waals surface area contributed by atoms with E-state index >= 15 is 0 Å². The first-order valence-corrected chi connectivity index (χ1v) is 3.61. The third-order valence-corrected chi connectivity index (χ3v) is 2.65. The van der Waals surface area contributed by atoms with Gasteiger partial charge < -0.3 is 5.11 Å². The molecule has 1 saturated carbocycles. The second-order valence-corrected chi connectivity index (χ2v) is 3.51. The number of rotatable bonds is 0. The maximum Gasteiger partial charge on any atom is 0.0836 e. The lowest BCUT2D eigenvalue weighted by molar-refractivity contribution is 0.0982. The van der Waals surface area contributed by atoms with E-state index < -0.39 is 5.60 Å². The fourth-order valence-electron chi connectivity index (χ4n) is 2.10. The average Bonchev–Trinajstić information content (AvgIpc) is 2.20. The first kappa shape index (κ1) is 5.48. The van der Waals surface area contributed by atoms with Crippen LogP contribution in [0.2, 0.25) is 0 Å². The molecule has 2 bridgehead atoms. The lowest BCUT2D eigenvalue weighted by atomic mass is 9.95. The standard InChI is InChI=1S/C8H12O/c1-6-4-8(9)3-2-7(6)5-8/h2-3,6-7,9H,4-5H2,1H3. The molecule has 0 saturated heterocycles. The van der Waals surface area contributed by atoms with Gasteiger partial charge in [-0.3, -0.25) is 0 Å². The SMILES string of the molecule is CC1CC2(O)C=CC1C2. The molecule has 0 radical (unpaired) electrons. The van der Waals surface area contributed by atoms with E-state index in [0.717, 1.165) is 12.8 Å². The molecule has 2 aliphatic rings. The molecule has 50 valence electrons. The molecule has 9 heavy (non-hydrogen) atoms. The third kappa shape index (κ3) is 0.645. The van der Waals surface area contributed by atoms with E-state index in [9.17, 15) is 5.11 Å². The minimum atomic E-state index is -0.399. The van der Waals surface area contributed by atoms with Gasteiger partial charge in [0.15, 0.2) is 0 Å². The topological polar surface area (TPSA) is 20.2 Å². The van der Waals surface area contributed by atoms with Crippen molar-refractivity contribution < 1.29 is 5.11 Å². The molecule has 0 amide bonds. The van der Waals surface area contributed by atoms with Crippen molar-refractivity contribution in [2.45, 2.75) is 25.4 Å². The summed E-state index contributed by atoms with van der Waals surface area (Å²) in [6.45, 7) is 2.21. The van der Waals surface area contributed by atoms with Crippen molar-refractivity contribution in [1.82, 2.24) is 0 Å². The van der Waals surface area contributed by atoms with E-state index in [1.807, 2.05) is 6.08 Å². The molecule has 3 atom stereocenters. The smallest absolute Gasteiger partial charge is 0.0836 e. The van der Waals surface area contributed by atoms with Gasteiger partial charge in [0.1, 0.15) is 0 Å². The summed E-state index contributed by atoms with van der Waals surface area (Å²) < 4.78 is 0. The van der Waals surface area contributed by atoms with Gasteiger partial charge in [-0.1, -0.05) is 19.1 Å². The highest BCUT2D eigenvalue weighted by Gasteiger charge is 2.43. The number of allylic oxidation sites excluding steroid dienone is 1. The normalized spacial score (nSPS) is 54.9.